The van der Waals surface area contributed by atoms with Gasteiger partial charge in [0.05, 0.1) is 11.2 Å². The summed E-state index contributed by atoms with van der Waals surface area (Å²) in [7, 11) is 0. The molecule has 24 heavy (non-hydrogen) atoms. The van der Waals surface area contributed by atoms with E-state index in [2.05, 4.69) is 34.6 Å². The van der Waals surface area contributed by atoms with Gasteiger partial charge in [-0.3, -0.25) is 9.78 Å². The fraction of sp³-hybridized carbons (Fsp3) is 0.150. The molecular weight excluding hydrogens is 298 g/mol. The third-order valence-corrected chi connectivity index (χ3v) is 4.07. The van der Waals surface area contributed by atoms with E-state index in [1.54, 1.807) is 0 Å². The minimum Gasteiger partial charge on any atom is -0.277 e. The zero-order valence-electron chi connectivity index (χ0n) is 13.5. The van der Waals surface area contributed by atoms with Crippen molar-refractivity contribution in [2.75, 3.05) is 0 Å². The maximum atomic E-state index is 10.6. The molecule has 0 fully saturated rings. The van der Waals surface area contributed by atoms with E-state index in [1.165, 1.54) is 5.56 Å². The minimum absolute atomic E-state index is 0.241. The molecule has 4 heteroatoms. The quantitative estimate of drug-likeness (QED) is 0.426. The summed E-state index contributed by atoms with van der Waals surface area (Å²) in [4.78, 5) is 15.1. The number of nitrogens with one attached hydrogen (secondary N) is 1. The highest BCUT2D eigenvalue weighted by Gasteiger charge is 2.14. The highest BCUT2D eigenvalue weighted by Crippen LogP contribution is 2.28. The maximum absolute atomic E-state index is 10.6. The second-order valence-corrected chi connectivity index (χ2v) is 5.69. The molecule has 1 heterocycles. The summed E-state index contributed by atoms with van der Waals surface area (Å²) in [5, 5.41) is 5.40. The van der Waals surface area contributed by atoms with E-state index in [1.807, 2.05) is 54.7 Å². The Bertz CT molecular complexity index is 854. The highest BCUT2D eigenvalue weighted by molar-refractivity contribution is 6.01. The molecule has 0 bridgehead atoms. The van der Waals surface area contributed by atoms with Gasteiger partial charge in [0.2, 0.25) is 6.41 Å². The molecule has 1 aromatic heterocycles. The Hall–Kier alpha value is -3.01. The van der Waals surface area contributed by atoms with Crippen LogP contribution in [0, 0.1) is 0 Å². The Kier molecular flexibility index (Phi) is 4.96. The summed E-state index contributed by atoms with van der Waals surface area (Å²) in [5.74, 6) is 0.241. The second kappa shape index (κ2) is 7.51. The summed E-state index contributed by atoms with van der Waals surface area (Å²) >= 11 is 0. The number of carbonyl (C=O) groups excluding carboxylic acids is 1. The Morgan fingerprint density at radius 2 is 1.96 bits per heavy atom. The van der Waals surface area contributed by atoms with Crippen molar-refractivity contribution in [3.63, 3.8) is 0 Å². The van der Waals surface area contributed by atoms with Gasteiger partial charge in [-0.25, -0.2) is 5.43 Å². The van der Waals surface area contributed by atoms with E-state index >= 15 is 0 Å². The number of carbonyl (C=O) groups is 1. The van der Waals surface area contributed by atoms with Crippen molar-refractivity contribution in [2.45, 2.75) is 19.3 Å². The van der Waals surface area contributed by atoms with E-state index in [0.29, 0.717) is 6.41 Å². The first kappa shape index (κ1) is 15.9. The molecule has 0 aliphatic heterocycles. The summed E-state index contributed by atoms with van der Waals surface area (Å²) in [6.07, 6.45) is 3.12. The Morgan fingerprint density at radius 1 is 1.12 bits per heavy atom. The van der Waals surface area contributed by atoms with Crippen molar-refractivity contribution in [3.8, 4) is 0 Å². The van der Waals surface area contributed by atoms with E-state index in [-0.39, 0.29) is 5.92 Å². The van der Waals surface area contributed by atoms with Crippen LogP contribution in [0.2, 0.25) is 0 Å². The number of benzene rings is 2. The van der Waals surface area contributed by atoms with Crippen molar-refractivity contribution in [1.29, 1.82) is 0 Å². The SMILES string of the molecule is CC(C/C(=N\NC=O)c1ccccc1)c1cccc2ncccc12. The zero-order chi connectivity index (χ0) is 16.8. The second-order valence-electron chi connectivity index (χ2n) is 5.69. The van der Waals surface area contributed by atoms with Crippen LogP contribution in [-0.2, 0) is 4.79 Å². The van der Waals surface area contributed by atoms with Gasteiger partial charge in [-0.1, -0.05) is 55.5 Å². The molecule has 4 nitrogen and oxygen atoms in total. The van der Waals surface area contributed by atoms with Crippen LogP contribution in [0.3, 0.4) is 0 Å². The van der Waals surface area contributed by atoms with Crippen LogP contribution in [0.15, 0.2) is 72.0 Å². The molecule has 0 radical (unpaired) electrons. The third kappa shape index (κ3) is 3.49. The fourth-order valence-electron chi connectivity index (χ4n) is 2.92. The summed E-state index contributed by atoms with van der Waals surface area (Å²) in [6, 6.07) is 20.1. The first-order valence-corrected chi connectivity index (χ1v) is 7.94. The van der Waals surface area contributed by atoms with Crippen LogP contribution in [0.4, 0.5) is 0 Å². The minimum atomic E-state index is 0.241. The lowest BCUT2D eigenvalue weighted by molar-refractivity contribution is -0.109. The molecule has 0 saturated heterocycles. The first-order valence-electron chi connectivity index (χ1n) is 7.94. The topological polar surface area (TPSA) is 54.4 Å². The molecule has 1 atom stereocenters. The van der Waals surface area contributed by atoms with Crippen molar-refractivity contribution < 1.29 is 4.79 Å². The lowest BCUT2D eigenvalue weighted by Gasteiger charge is -2.16. The first-order chi connectivity index (χ1) is 11.8. The van der Waals surface area contributed by atoms with Gasteiger partial charge in [0.15, 0.2) is 0 Å². The van der Waals surface area contributed by atoms with Crippen LogP contribution >= 0.6 is 0 Å². The molecule has 120 valence electrons. The molecule has 1 unspecified atom stereocenters. The van der Waals surface area contributed by atoms with Gasteiger partial charge >= 0.3 is 0 Å². The number of amides is 1. The lowest BCUT2D eigenvalue weighted by atomic mass is 9.90. The molecule has 0 aliphatic rings. The van der Waals surface area contributed by atoms with E-state index in [0.717, 1.165) is 28.6 Å². The number of hydrazone groups is 1. The van der Waals surface area contributed by atoms with Crippen LogP contribution in [-0.4, -0.2) is 17.1 Å². The van der Waals surface area contributed by atoms with Gasteiger partial charge < -0.3 is 0 Å². The van der Waals surface area contributed by atoms with Crippen molar-refractivity contribution in [1.82, 2.24) is 10.4 Å². The summed E-state index contributed by atoms with van der Waals surface area (Å²) < 4.78 is 0. The fourth-order valence-corrected chi connectivity index (χ4v) is 2.92. The largest absolute Gasteiger partial charge is 0.277 e. The van der Waals surface area contributed by atoms with Crippen LogP contribution in [0.25, 0.3) is 10.9 Å². The number of rotatable bonds is 6. The summed E-state index contributed by atoms with van der Waals surface area (Å²) in [5.41, 5.74) is 6.53. The molecule has 0 aliphatic carbocycles. The average molecular weight is 317 g/mol. The van der Waals surface area contributed by atoms with Gasteiger partial charge in [0.1, 0.15) is 0 Å². The van der Waals surface area contributed by atoms with E-state index in [4.69, 9.17) is 0 Å². The third-order valence-electron chi connectivity index (χ3n) is 4.07. The highest BCUT2D eigenvalue weighted by atomic mass is 16.1. The van der Waals surface area contributed by atoms with Crippen molar-refractivity contribution >= 4 is 23.0 Å². The number of fused-ring (bicyclic) bond motifs is 1. The van der Waals surface area contributed by atoms with E-state index in [9.17, 15) is 4.79 Å². The number of nitrogens with zero attached hydrogens (tertiary/aromatic N) is 2. The number of pyridine rings is 1. The maximum Gasteiger partial charge on any atom is 0.227 e. The monoisotopic (exact) mass is 317 g/mol. The zero-order valence-corrected chi connectivity index (χ0v) is 13.5. The molecule has 0 saturated carbocycles. The molecule has 1 amide bonds. The number of hydrogen-bond donors (Lipinski definition) is 1. The number of hydrogen-bond acceptors (Lipinski definition) is 3. The van der Waals surface area contributed by atoms with Crippen LogP contribution < -0.4 is 5.43 Å². The Balaban J connectivity index is 1.93. The Morgan fingerprint density at radius 3 is 2.75 bits per heavy atom. The standard InChI is InChI=1S/C20H19N3O/c1-15(17-9-5-11-19-18(17)10-6-12-21-19)13-20(23-22-14-24)16-7-3-2-4-8-16/h2-12,14-15H,13H2,1H3,(H,22,24)/b23-20+. The summed E-state index contributed by atoms with van der Waals surface area (Å²) in [6.45, 7) is 2.17. The van der Waals surface area contributed by atoms with E-state index < -0.39 is 0 Å². The molecule has 3 rings (SSSR count). The van der Waals surface area contributed by atoms with Gasteiger partial charge in [0.25, 0.3) is 0 Å². The van der Waals surface area contributed by atoms with Gasteiger partial charge in [-0.2, -0.15) is 5.10 Å². The number of aromatic nitrogens is 1. The Labute approximate surface area is 141 Å². The van der Waals surface area contributed by atoms with Crippen LogP contribution in [0.1, 0.15) is 30.4 Å². The lowest BCUT2D eigenvalue weighted by Crippen LogP contribution is -2.12. The predicted octanol–water partition coefficient (Wildman–Crippen LogP) is 3.88. The molecule has 2 aromatic carbocycles. The predicted molar refractivity (Wildman–Crippen MR) is 97.0 cm³/mol. The van der Waals surface area contributed by atoms with Crippen molar-refractivity contribution in [2.24, 2.45) is 5.10 Å². The molecular formula is C20H19N3O. The van der Waals surface area contributed by atoms with Gasteiger partial charge in [-0.15, -0.1) is 0 Å². The van der Waals surface area contributed by atoms with Crippen LogP contribution in [0.5, 0.6) is 0 Å². The smallest absolute Gasteiger partial charge is 0.227 e. The van der Waals surface area contributed by atoms with Gasteiger partial charge in [0, 0.05) is 11.6 Å². The molecule has 3 aromatic rings. The molecule has 1 N–H and O–H groups in total. The van der Waals surface area contributed by atoms with Crippen molar-refractivity contribution in [3.05, 3.63) is 78.0 Å². The van der Waals surface area contributed by atoms with Gasteiger partial charge in [-0.05, 0) is 35.6 Å². The average Bonchev–Trinajstić information content (AvgIpc) is 2.65. The molecule has 0 spiro atoms. The normalized spacial score (nSPS) is 12.8.